The smallest absolute Gasteiger partial charge is 0.550 e. The van der Waals surface area contributed by atoms with Gasteiger partial charge in [-0.15, -0.1) is 0 Å². The van der Waals surface area contributed by atoms with Crippen molar-refractivity contribution in [2.75, 3.05) is 31.6 Å². The molecule has 2 aromatic rings. The molecular weight excluding hydrogens is 465 g/mol. The summed E-state index contributed by atoms with van der Waals surface area (Å²) in [5, 5.41) is 24.8. The van der Waals surface area contributed by atoms with Gasteiger partial charge < -0.3 is 24.9 Å². The molecule has 2 aliphatic heterocycles. The van der Waals surface area contributed by atoms with Gasteiger partial charge in [0, 0.05) is 68.9 Å². The number of carboxylic acid groups (broad SMARTS) is 1. The predicted octanol–water partition coefficient (Wildman–Crippen LogP) is 0.186. The Balaban J connectivity index is 0.00000361. The van der Waals surface area contributed by atoms with E-state index in [1.165, 1.54) is 11.1 Å². The van der Waals surface area contributed by atoms with Gasteiger partial charge in [0.25, 0.3) is 0 Å². The van der Waals surface area contributed by atoms with Gasteiger partial charge in [0.2, 0.25) is 5.91 Å². The molecule has 2 saturated heterocycles. The largest absolute Gasteiger partial charge is 1.00 e. The van der Waals surface area contributed by atoms with E-state index >= 15 is 0 Å². The van der Waals surface area contributed by atoms with Crippen molar-refractivity contribution in [1.29, 1.82) is 0 Å². The minimum absolute atomic E-state index is 0. The second-order valence-electron chi connectivity index (χ2n) is 9.89. The minimum Gasteiger partial charge on any atom is -0.550 e. The first-order chi connectivity index (χ1) is 16.9. The van der Waals surface area contributed by atoms with Gasteiger partial charge in [-0.1, -0.05) is 41.6 Å². The number of piperidine rings is 2. The summed E-state index contributed by atoms with van der Waals surface area (Å²) >= 11 is 0. The van der Waals surface area contributed by atoms with Crippen molar-refractivity contribution in [1.82, 2.24) is 4.90 Å². The normalized spacial score (nSPS) is 20.1. The summed E-state index contributed by atoms with van der Waals surface area (Å²) in [6.07, 6.45) is 2.95. The van der Waals surface area contributed by atoms with Gasteiger partial charge in [-0.3, -0.25) is 4.79 Å². The summed E-state index contributed by atoms with van der Waals surface area (Å²) in [5.41, 5.74) is 5.31. The van der Waals surface area contributed by atoms with Crippen LogP contribution in [-0.2, 0) is 9.59 Å². The van der Waals surface area contributed by atoms with Crippen molar-refractivity contribution in [2.24, 2.45) is 17.0 Å². The van der Waals surface area contributed by atoms with E-state index in [0.29, 0.717) is 51.7 Å². The van der Waals surface area contributed by atoms with Crippen LogP contribution in [0.15, 0.2) is 53.7 Å². The maximum absolute atomic E-state index is 12.0. The quantitative estimate of drug-likeness (QED) is 0.254. The molecule has 0 radical (unpaired) electrons. The van der Waals surface area contributed by atoms with E-state index in [1.807, 2.05) is 12.1 Å². The van der Waals surface area contributed by atoms with E-state index in [2.05, 4.69) is 53.4 Å². The summed E-state index contributed by atoms with van der Waals surface area (Å²) in [4.78, 5) is 27.1. The number of nitrogens with zero attached hydrogens (tertiary/aromatic N) is 3. The van der Waals surface area contributed by atoms with Gasteiger partial charge in [0.05, 0.1) is 5.71 Å². The molecule has 2 aliphatic rings. The zero-order valence-corrected chi connectivity index (χ0v) is 23.5. The maximum Gasteiger partial charge on any atom is 1.00 e. The molecular formula is C28H34N3NaO4. The average Bonchev–Trinajstić information content (AvgIpc) is 2.87. The van der Waals surface area contributed by atoms with Gasteiger partial charge in [0.1, 0.15) is 0 Å². The molecule has 2 heterocycles. The van der Waals surface area contributed by atoms with Crippen molar-refractivity contribution in [3.05, 3.63) is 65.2 Å². The molecule has 2 fully saturated rings. The van der Waals surface area contributed by atoms with Gasteiger partial charge >= 0.3 is 29.6 Å². The van der Waals surface area contributed by atoms with E-state index in [1.54, 1.807) is 11.9 Å². The summed E-state index contributed by atoms with van der Waals surface area (Å²) in [7, 11) is 1.80. The summed E-state index contributed by atoms with van der Waals surface area (Å²) in [6.45, 7) is 4.07. The maximum atomic E-state index is 12.0. The number of carboxylic acids is 1. The Bertz CT molecular complexity index is 1080. The van der Waals surface area contributed by atoms with Crippen LogP contribution >= 0.6 is 0 Å². The van der Waals surface area contributed by atoms with Crippen LogP contribution in [0.5, 0.6) is 0 Å². The van der Waals surface area contributed by atoms with Crippen molar-refractivity contribution in [2.45, 2.75) is 44.9 Å². The first-order valence-electron chi connectivity index (χ1n) is 12.4. The molecule has 8 heteroatoms. The fourth-order valence-electron chi connectivity index (χ4n) is 5.46. The van der Waals surface area contributed by atoms with Crippen LogP contribution in [0.2, 0.25) is 0 Å². The predicted molar refractivity (Wildman–Crippen MR) is 134 cm³/mol. The summed E-state index contributed by atoms with van der Waals surface area (Å²) in [5.74, 6) is -1.12. The van der Waals surface area contributed by atoms with Crippen LogP contribution < -0.4 is 39.6 Å². The second kappa shape index (κ2) is 12.7. The van der Waals surface area contributed by atoms with Crippen molar-refractivity contribution in [3.63, 3.8) is 0 Å². The van der Waals surface area contributed by atoms with E-state index in [9.17, 15) is 19.9 Å². The van der Waals surface area contributed by atoms with Crippen LogP contribution in [0, 0.1) is 18.8 Å². The number of aliphatic carboxylic acids is 1. The second-order valence-corrected chi connectivity index (χ2v) is 9.89. The number of aryl methyl sites for hydroxylation is 1. The third-order valence-electron chi connectivity index (χ3n) is 7.69. The standard InChI is InChI=1S/C28H35N3O4.Na/c1-19-5-3-4-6-24(19)25(17-26(29-35)22-9-12-27(32)30(2)18-22)20-7-10-23(11-8-20)31-15-13-21(14-16-31)28(33)34;/h3-8,10-11,21-22,25,35H,9,12-18H2,1-2H3,(H,33,34);/q;+1/p-1/t22?,25-;/m1./s1. The number of likely N-dealkylation sites (tertiary alicyclic amines) is 1. The topological polar surface area (TPSA) is 96.3 Å². The Labute approximate surface area is 235 Å². The Morgan fingerprint density at radius 1 is 1.08 bits per heavy atom. The van der Waals surface area contributed by atoms with Crippen LogP contribution in [-0.4, -0.2) is 54.4 Å². The van der Waals surface area contributed by atoms with Gasteiger partial charge in [-0.25, -0.2) is 0 Å². The molecule has 0 aromatic heterocycles. The number of anilines is 1. The van der Waals surface area contributed by atoms with Crippen LogP contribution in [0.4, 0.5) is 5.69 Å². The molecule has 0 spiro atoms. The van der Waals surface area contributed by atoms with E-state index < -0.39 is 5.97 Å². The molecule has 0 saturated carbocycles. The Kier molecular flexibility index (Phi) is 10.00. The Morgan fingerprint density at radius 3 is 2.33 bits per heavy atom. The van der Waals surface area contributed by atoms with Crippen LogP contribution in [0.1, 0.15) is 54.7 Å². The first kappa shape index (κ1) is 28.2. The fraction of sp³-hybridized carbons (Fsp3) is 0.464. The van der Waals surface area contributed by atoms with Crippen LogP contribution in [0.25, 0.3) is 0 Å². The SMILES string of the molecule is Cc1ccccc1[C@H](CC(=NO)C1CCC(=O)N(C)C1)c1ccc(N2CCC(C(=O)[O-])CC2)cc1.[Na+]. The van der Waals surface area contributed by atoms with Crippen molar-refractivity contribution < 1.29 is 49.5 Å². The molecule has 1 unspecified atom stereocenters. The molecule has 0 bridgehead atoms. The third kappa shape index (κ3) is 6.50. The number of rotatable bonds is 7. The molecule has 36 heavy (non-hydrogen) atoms. The molecule has 2 aromatic carbocycles. The zero-order valence-electron chi connectivity index (χ0n) is 21.5. The molecule has 1 amide bonds. The minimum atomic E-state index is -0.948. The molecule has 7 nitrogen and oxygen atoms in total. The monoisotopic (exact) mass is 499 g/mol. The Hall–Kier alpha value is -2.35. The van der Waals surface area contributed by atoms with Gasteiger partial charge in [-0.2, -0.15) is 0 Å². The van der Waals surface area contributed by atoms with Crippen LogP contribution in [0.3, 0.4) is 0 Å². The first-order valence-corrected chi connectivity index (χ1v) is 12.4. The number of carbonyl (C=O) groups is 2. The fourth-order valence-corrected chi connectivity index (χ4v) is 5.46. The molecule has 2 atom stereocenters. The number of carbonyl (C=O) groups excluding carboxylic acids is 2. The Morgan fingerprint density at radius 2 is 1.75 bits per heavy atom. The zero-order chi connectivity index (χ0) is 24.9. The van der Waals surface area contributed by atoms with Gasteiger partial charge in [0.15, 0.2) is 0 Å². The van der Waals surface area contributed by atoms with Crippen molar-refractivity contribution in [3.8, 4) is 0 Å². The number of hydrogen-bond donors (Lipinski definition) is 1. The number of benzene rings is 2. The van der Waals surface area contributed by atoms with Crippen molar-refractivity contribution >= 4 is 23.3 Å². The van der Waals surface area contributed by atoms with E-state index in [4.69, 9.17) is 0 Å². The third-order valence-corrected chi connectivity index (χ3v) is 7.69. The molecule has 0 aliphatic carbocycles. The summed E-state index contributed by atoms with van der Waals surface area (Å²) in [6, 6.07) is 16.7. The summed E-state index contributed by atoms with van der Waals surface area (Å²) < 4.78 is 0. The van der Waals surface area contributed by atoms with E-state index in [0.717, 1.165) is 17.0 Å². The molecule has 1 N–H and O–H groups in total. The number of hydrogen-bond acceptors (Lipinski definition) is 6. The number of oxime groups is 1. The molecule has 4 rings (SSSR count). The molecule has 186 valence electrons. The number of amides is 1. The average molecular weight is 500 g/mol. The van der Waals surface area contributed by atoms with Gasteiger partial charge in [-0.05, 0) is 55.0 Å². The van der Waals surface area contributed by atoms with E-state index in [-0.39, 0.29) is 53.2 Å².